The maximum absolute atomic E-state index is 15.0. The highest BCUT2D eigenvalue weighted by Gasteiger charge is 2.27. The lowest BCUT2D eigenvalue weighted by Gasteiger charge is -2.09. The zero-order chi connectivity index (χ0) is 28.0. The van der Waals surface area contributed by atoms with Crippen molar-refractivity contribution in [3.8, 4) is 22.4 Å². The number of rotatable bonds is 4. The summed E-state index contributed by atoms with van der Waals surface area (Å²) in [6, 6.07) is 31.7. The zero-order valence-corrected chi connectivity index (χ0v) is 22.8. The van der Waals surface area contributed by atoms with E-state index in [2.05, 4.69) is 43.6 Å². The second-order valence-electron chi connectivity index (χ2n) is 10.4. The quantitative estimate of drug-likeness (QED) is 0.229. The monoisotopic (exact) mass is 526 g/mol. The standard InChI is InChI=1S/C35H29BF2N2/c1-22-14-16-27(17-15-22)35-29-13-9-8-12-28(29)33(40(35)36(37)38)21-31-30(26-10-6-5-7-11-26)20-32(39-31)34-24(3)18-23(2)19-25(34)4/h5-21,39H,3H2,1-2,4H3/b31-21?,34-32+. The number of nitrogens with zero attached hydrogens (tertiary/aromatic N) is 1. The molecule has 6 rings (SSSR count). The summed E-state index contributed by atoms with van der Waals surface area (Å²) in [5.74, 6) is 0. The van der Waals surface area contributed by atoms with Crippen molar-refractivity contribution in [2.75, 3.05) is 0 Å². The molecular formula is C35H29BF2N2. The minimum Gasteiger partial charge on any atom is -0.354 e. The van der Waals surface area contributed by atoms with Crippen molar-refractivity contribution in [1.29, 1.82) is 0 Å². The Labute approximate surface area is 232 Å². The van der Waals surface area contributed by atoms with Gasteiger partial charge in [0.1, 0.15) is 0 Å². The fraction of sp³-hybridized carbons (Fsp3) is 0.0857. The van der Waals surface area contributed by atoms with Crippen molar-refractivity contribution in [2.45, 2.75) is 20.8 Å². The molecule has 0 amide bonds. The summed E-state index contributed by atoms with van der Waals surface area (Å²) in [6.45, 7) is 10.4. The molecule has 0 aliphatic carbocycles. The molecule has 2 nitrogen and oxygen atoms in total. The van der Waals surface area contributed by atoms with Gasteiger partial charge in [-0.15, -0.1) is 0 Å². The number of fused-ring (bicyclic) bond motifs is 1. The van der Waals surface area contributed by atoms with Crippen molar-refractivity contribution < 1.29 is 8.63 Å². The lowest BCUT2D eigenvalue weighted by molar-refractivity contribution is 0.631. The van der Waals surface area contributed by atoms with Crippen LogP contribution in [-0.4, -0.2) is 16.9 Å². The van der Waals surface area contributed by atoms with Crippen molar-refractivity contribution >= 4 is 30.8 Å². The van der Waals surface area contributed by atoms with Gasteiger partial charge in [-0.1, -0.05) is 109 Å². The van der Waals surface area contributed by atoms with Gasteiger partial charge in [0.05, 0.1) is 0 Å². The van der Waals surface area contributed by atoms with E-state index < -0.39 is 7.40 Å². The highest BCUT2D eigenvalue weighted by Crippen LogP contribution is 2.35. The zero-order valence-electron chi connectivity index (χ0n) is 22.8. The van der Waals surface area contributed by atoms with Crippen LogP contribution >= 0.6 is 0 Å². The fourth-order valence-electron chi connectivity index (χ4n) is 5.80. The van der Waals surface area contributed by atoms with Gasteiger partial charge >= 0.3 is 7.40 Å². The molecular weight excluding hydrogens is 497 g/mol. The van der Waals surface area contributed by atoms with E-state index in [1.54, 1.807) is 0 Å². The topological polar surface area (TPSA) is 20.7 Å². The molecule has 0 atom stereocenters. The van der Waals surface area contributed by atoms with Crippen molar-refractivity contribution in [3.05, 3.63) is 141 Å². The molecule has 0 unspecified atom stereocenters. The molecule has 0 fully saturated rings. The van der Waals surface area contributed by atoms with Crippen molar-refractivity contribution in [3.63, 3.8) is 0 Å². The largest absolute Gasteiger partial charge is 0.678 e. The molecule has 0 bridgehead atoms. The average molecular weight is 526 g/mol. The number of aryl methyl sites for hydroxylation is 3. The molecule has 4 aromatic carbocycles. The first-order chi connectivity index (χ1) is 19.3. The van der Waals surface area contributed by atoms with Gasteiger partial charge in [-0.05, 0) is 54.8 Å². The van der Waals surface area contributed by atoms with Gasteiger partial charge in [0.25, 0.3) is 0 Å². The van der Waals surface area contributed by atoms with E-state index in [0.29, 0.717) is 11.4 Å². The van der Waals surface area contributed by atoms with Crippen LogP contribution in [0.2, 0.25) is 0 Å². The summed E-state index contributed by atoms with van der Waals surface area (Å²) in [5, 5.41) is 5.19. The van der Waals surface area contributed by atoms with Gasteiger partial charge < -0.3 is 9.46 Å². The lowest BCUT2D eigenvalue weighted by atomic mass is 10.0. The number of aromatic amines is 1. The Balaban J connectivity index is 1.75. The average Bonchev–Trinajstić information content (AvgIpc) is 3.49. The summed E-state index contributed by atoms with van der Waals surface area (Å²) in [7, 11) is -2.73. The summed E-state index contributed by atoms with van der Waals surface area (Å²) >= 11 is 0. The Hall–Kier alpha value is -4.64. The number of H-pyrrole nitrogens is 1. The van der Waals surface area contributed by atoms with E-state index in [0.717, 1.165) is 69.8 Å². The minimum absolute atomic E-state index is 0.460. The molecule has 0 spiro atoms. The van der Waals surface area contributed by atoms with E-state index >= 15 is 0 Å². The molecule has 0 aliphatic rings. The SMILES string of the molecule is C=c1cc(C)cc(C)/c1=c1\cc(-c2ccccc2)c(=Cc2c3ccccc3c(-c3ccc(C)cc3)n2B(F)F)[nH]1. The third-order valence-electron chi connectivity index (χ3n) is 7.52. The predicted octanol–water partition coefficient (Wildman–Crippen LogP) is 7.53. The van der Waals surface area contributed by atoms with E-state index in [9.17, 15) is 8.63 Å². The van der Waals surface area contributed by atoms with Gasteiger partial charge in [0, 0.05) is 43.6 Å². The fourth-order valence-corrected chi connectivity index (χ4v) is 5.80. The smallest absolute Gasteiger partial charge is 0.354 e. The molecule has 196 valence electrons. The van der Waals surface area contributed by atoms with Crippen LogP contribution in [0, 0.1) is 31.3 Å². The normalized spacial score (nSPS) is 12.8. The maximum Gasteiger partial charge on any atom is 0.678 e. The Morgan fingerprint density at radius 1 is 0.750 bits per heavy atom. The van der Waals surface area contributed by atoms with Crippen LogP contribution in [-0.2, 0) is 0 Å². The van der Waals surface area contributed by atoms with E-state index in [1.807, 2.05) is 91.9 Å². The van der Waals surface area contributed by atoms with Crippen LogP contribution in [0.5, 0.6) is 0 Å². The second kappa shape index (κ2) is 10.2. The Morgan fingerprint density at radius 3 is 2.10 bits per heavy atom. The number of hydrogen-bond donors (Lipinski definition) is 1. The van der Waals surface area contributed by atoms with Crippen LogP contribution in [0.4, 0.5) is 8.63 Å². The van der Waals surface area contributed by atoms with E-state index in [1.165, 1.54) is 0 Å². The molecule has 0 radical (unpaired) electrons. The van der Waals surface area contributed by atoms with Gasteiger partial charge in [-0.25, -0.2) is 0 Å². The van der Waals surface area contributed by atoms with Crippen LogP contribution in [0.3, 0.4) is 0 Å². The lowest BCUT2D eigenvalue weighted by Crippen LogP contribution is -2.17. The highest BCUT2D eigenvalue weighted by molar-refractivity contribution is 6.43. The van der Waals surface area contributed by atoms with Crippen LogP contribution in [0.25, 0.3) is 45.8 Å². The molecule has 5 heteroatoms. The van der Waals surface area contributed by atoms with Crippen molar-refractivity contribution in [2.24, 2.45) is 0 Å². The predicted molar refractivity (Wildman–Crippen MR) is 164 cm³/mol. The van der Waals surface area contributed by atoms with Crippen LogP contribution < -0.4 is 10.6 Å². The van der Waals surface area contributed by atoms with Gasteiger partial charge in [-0.3, -0.25) is 8.63 Å². The summed E-state index contributed by atoms with van der Waals surface area (Å²) < 4.78 is 31.1. The number of aromatic nitrogens is 2. The molecule has 0 saturated heterocycles. The van der Waals surface area contributed by atoms with E-state index in [4.69, 9.17) is 0 Å². The number of benzene rings is 4. The summed E-state index contributed by atoms with van der Waals surface area (Å²) in [4.78, 5) is 3.58. The molecule has 40 heavy (non-hydrogen) atoms. The minimum atomic E-state index is -2.73. The molecule has 1 N–H and O–H groups in total. The summed E-state index contributed by atoms with van der Waals surface area (Å²) in [6.07, 6.45) is 1.87. The van der Waals surface area contributed by atoms with Crippen LogP contribution in [0.1, 0.15) is 22.4 Å². The first-order valence-electron chi connectivity index (χ1n) is 13.4. The first kappa shape index (κ1) is 25.6. The second-order valence-corrected chi connectivity index (χ2v) is 10.4. The molecule has 0 aliphatic heterocycles. The van der Waals surface area contributed by atoms with Crippen molar-refractivity contribution in [1.82, 2.24) is 9.46 Å². The van der Waals surface area contributed by atoms with Gasteiger partial charge in [0.2, 0.25) is 0 Å². The highest BCUT2D eigenvalue weighted by atomic mass is 19.2. The molecule has 2 heterocycles. The Bertz CT molecular complexity index is 2070. The molecule has 2 aromatic heterocycles. The number of hydrogen-bond acceptors (Lipinski definition) is 0. The van der Waals surface area contributed by atoms with Crippen LogP contribution in [0.15, 0.2) is 97.1 Å². The number of nitrogens with one attached hydrogen (secondary N) is 1. The maximum atomic E-state index is 15.0. The van der Waals surface area contributed by atoms with Gasteiger partial charge in [0.15, 0.2) is 0 Å². The Morgan fingerprint density at radius 2 is 1.43 bits per heavy atom. The summed E-state index contributed by atoms with van der Waals surface area (Å²) in [5.41, 5.74) is 7.02. The molecule has 6 aromatic rings. The first-order valence-corrected chi connectivity index (χ1v) is 13.4. The number of halogens is 2. The van der Waals surface area contributed by atoms with E-state index in [-0.39, 0.29) is 0 Å². The third kappa shape index (κ3) is 4.48. The third-order valence-corrected chi connectivity index (χ3v) is 7.52. The Kier molecular flexibility index (Phi) is 6.51. The van der Waals surface area contributed by atoms with Gasteiger partial charge in [-0.2, -0.15) is 0 Å². The molecule has 0 saturated carbocycles.